The minimum atomic E-state index is -0.0393. The van der Waals surface area contributed by atoms with Crippen LogP contribution in [-0.4, -0.2) is 63.9 Å². The van der Waals surface area contributed by atoms with E-state index in [1.54, 1.807) is 25.7 Å². The van der Waals surface area contributed by atoms with Crippen LogP contribution in [0.25, 0.3) is 16.2 Å². The lowest BCUT2D eigenvalue weighted by Crippen LogP contribution is -2.37. The zero-order valence-corrected chi connectivity index (χ0v) is 18.1. The molecule has 0 spiro atoms. The lowest BCUT2D eigenvalue weighted by Gasteiger charge is -2.18. The monoisotopic (exact) mass is 437 g/mol. The molecule has 0 bridgehead atoms. The highest BCUT2D eigenvalue weighted by Gasteiger charge is 2.32. The highest BCUT2D eigenvalue weighted by molar-refractivity contribution is 7.12. The van der Waals surface area contributed by atoms with Gasteiger partial charge in [0, 0.05) is 62.4 Å². The molecule has 9 nitrogen and oxygen atoms in total. The second-order valence-electron chi connectivity index (χ2n) is 7.50. The molecule has 0 amide bonds. The Kier molecular flexibility index (Phi) is 5.26. The number of methoxy groups -OCH3 is 1. The third-order valence-corrected chi connectivity index (χ3v) is 6.48. The molecule has 1 aliphatic rings. The van der Waals surface area contributed by atoms with Gasteiger partial charge in [-0.25, -0.2) is 15.0 Å². The number of aromatic nitrogens is 5. The van der Waals surface area contributed by atoms with Gasteiger partial charge in [0.25, 0.3) is 0 Å². The van der Waals surface area contributed by atoms with E-state index in [1.165, 1.54) is 11.3 Å². The van der Waals surface area contributed by atoms with Crippen molar-refractivity contribution in [3.8, 4) is 5.13 Å². The van der Waals surface area contributed by atoms with E-state index in [9.17, 15) is 4.79 Å². The van der Waals surface area contributed by atoms with Gasteiger partial charge in [-0.3, -0.25) is 9.36 Å². The molecule has 2 unspecified atom stereocenters. The van der Waals surface area contributed by atoms with Gasteiger partial charge in [-0.15, -0.1) is 11.3 Å². The first-order valence-corrected chi connectivity index (χ1v) is 10.9. The summed E-state index contributed by atoms with van der Waals surface area (Å²) in [5, 5.41) is 6.55. The van der Waals surface area contributed by atoms with Crippen molar-refractivity contribution >= 4 is 28.2 Å². The Balaban J connectivity index is 1.62. The zero-order chi connectivity index (χ0) is 21.4. The Hall–Kier alpha value is -3.08. The summed E-state index contributed by atoms with van der Waals surface area (Å²) in [6.45, 7) is 1.52. The molecule has 160 valence electrons. The fraction of sp³-hybridized carbons (Fsp3) is 0.333. The summed E-state index contributed by atoms with van der Waals surface area (Å²) in [5.74, 6) is 1.56. The van der Waals surface area contributed by atoms with Gasteiger partial charge in [-0.2, -0.15) is 0 Å². The van der Waals surface area contributed by atoms with E-state index in [0.717, 1.165) is 29.9 Å². The van der Waals surface area contributed by atoms with Crippen LogP contribution in [0.3, 0.4) is 0 Å². The van der Waals surface area contributed by atoms with Gasteiger partial charge in [0.15, 0.2) is 16.2 Å². The van der Waals surface area contributed by atoms with Crippen molar-refractivity contribution in [1.29, 1.82) is 0 Å². The number of fused-ring (bicyclic) bond motifs is 1. The number of hydrogen-bond acceptors (Lipinski definition) is 8. The van der Waals surface area contributed by atoms with Gasteiger partial charge >= 0.3 is 0 Å². The maximum absolute atomic E-state index is 13.3. The van der Waals surface area contributed by atoms with E-state index in [4.69, 9.17) is 9.72 Å². The average Bonchev–Trinajstić information content (AvgIpc) is 3.56. The number of likely N-dealkylation sites (N-methyl/N-ethyl adjacent to an activating group) is 1. The van der Waals surface area contributed by atoms with E-state index < -0.39 is 0 Å². The van der Waals surface area contributed by atoms with Crippen molar-refractivity contribution in [3.63, 3.8) is 0 Å². The second kappa shape index (κ2) is 8.22. The first-order valence-electron chi connectivity index (χ1n) is 10.1. The third kappa shape index (κ3) is 3.62. The minimum absolute atomic E-state index is 0.0393. The third-order valence-electron chi connectivity index (χ3n) is 5.71. The first-order chi connectivity index (χ1) is 15.2. The Morgan fingerprint density at radius 2 is 2.19 bits per heavy atom. The molecule has 1 fully saturated rings. The number of ether oxygens (including phenoxy) is 1. The molecule has 5 heterocycles. The smallest absolute Gasteiger partial charge is 0.195 e. The number of imidazole rings is 1. The summed E-state index contributed by atoms with van der Waals surface area (Å²) >= 11 is 1.50. The van der Waals surface area contributed by atoms with Crippen molar-refractivity contribution in [1.82, 2.24) is 29.8 Å². The van der Waals surface area contributed by atoms with Crippen LogP contribution in [0, 0.1) is 0 Å². The van der Waals surface area contributed by atoms with Crippen LogP contribution >= 0.6 is 11.3 Å². The van der Waals surface area contributed by atoms with Crippen molar-refractivity contribution in [2.24, 2.45) is 0 Å². The predicted octanol–water partition coefficient (Wildman–Crippen LogP) is 1.58. The van der Waals surface area contributed by atoms with Gasteiger partial charge in [-0.05, 0) is 19.2 Å². The molecular formula is C21H23N7O2S. The van der Waals surface area contributed by atoms with Crippen molar-refractivity contribution in [2.45, 2.75) is 18.6 Å². The maximum Gasteiger partial charge on any atom is 0.195 e. The van der Waals surface area contributed by atoms with Crippen molar-refractivity contribution in [2.75, 3.05) is 32.1 Å². The van der Waals surface area contributed by atoms with Crippen LogP contribution in [0.4, 0.5) is 5.82 Å². The molecule has 1 saturated heterocycles. The first kappa shape index (κ1) is 19.9. The van der Waals surface area contributed by atoms with E-state index in [2.05, 4.69) is 25.2 Å². The van der Waals surface area contributed by atoms with Gasteiger partial charge in [-0.1, -0.05) is 0 Å². The average molecular weight is 438 g/mol. The maximum atomic E-state index is 13.3. The lowest BCUT2D eigenvalue weighted by atomic mass is 10.1. The second-order valence-corrected chi connectivity index (χ2v) is 8.37. The number of nitrogens with zero attached hydrogens (tertiary/aromatic N) is 5. The summed E-state index contributed by atoms with van der Waals surface area (Å²) in [7, 11) is 3.67. The van der Waals surface area contributed by atoms with E-state index in [-0.39, 0.29) is 17.6 Å². The van der Waals surface area contributed by atoms with Crippen molar-refractivity contribution in [3.05, 3.63) is 63.9 Å². The molecule has 10 heteroatoms. The van der Waals surface area contributed by atoms with Crippen molar-refractivity contribution < 1.29 is 4.74 Å². The molecule has 0 saturated carbocycles. The number of hydrogen-bond donors (Lipinski definition) is 2. The summed E-state index contributed by atoms with van der Waals surface area (Å²) in [5.41, 5.74) is 1.20. The van der Waals surface area contributed by atoms with Crippen LogP contribution in [0.1, 0.15) is 11.4 Å². The summed E-state index contributed by atoms with van der Waals surface area (Å²) in [6.07, 6.45) is 7.53. The number of nitrogens with one attached hydrogen (secondary N) is 2. The molecule has 31 heavy (non-hydrogen) atoms. The standard InChI is InChI=1S/C21H23N7O2S/c1-22-15-11-27(12-16(15)30-2)18-4-3-14-19(29)13(9-17-23-5-6-24-17)10-28(20(14)26-18)21-25-7-8-31-21/h3-8,10,15-16,22H,9,11-12H2,1-2H3,(H,23,24). The van der Waals surface area contributed by atoms with E-state index >= 15 is 0 Å². The number of pyridine rings is 2. The number of aromatic amines is 1. The molecular weight excluding hydrogens is 414 g/mol. The molecule has 2 N–H and O–H groups in total. The molecule has 4 aromatic heterocycles. The molecule has 0 aliphatic carbocycles. The Morgan fingerprint density at radius 1 is 1.29 bits per heavy atom. The number of thiazole rings is 1. The fourth-order valence-electron chi connectivity index (χ4n) is 4.08. The quantitative estimate of drug-likeness (QED) is 0.472. The Labute approximate surface area is 182 Å². The molecule has 4 aromatic rings. The van der Waals surface area contributed by atoms with E-state index in [1.807, 2.05) is 35.3 Å². The lowest BCUT2D eigenvalue weighted by molar-refractivity contribution is 0.0996. The fourth-order valence-corrected chi connectivity index (χ4v) is 4.70. The summed E-state index contributed by atoms with van der Waals surface area (Å²) < 4.78 is 7.52. The zero-order valence-electron chi connectivity index (χ0n) is 17.3. The predicted molar refractivity (Wildman–Crippen MR) is 120 cm³/mol. The largest absolute Gasteiger partial charge is 0.378 e. The topological polar surface area (TPSA) is 101 Å². The van der Waals surface area contributed by atoms with Crippen LogP contribution < -0.4 is 15.6 Å². The van der Waals surface area contributed by atoms with Crippen LogP contribution in [0.2, 0.25) is 0 Å². The Morgan fingerprint density at radius 3 is 2.87 bits per heavy atom. The van der Waals surface area contributed by atoms with Crippen LogP contribution in [-0.2, 0) is 11.2 Å². The number of rotatable bonds is 6. The minimum Gasteiger partial charge on any atom is -0.378 e. The molecule has 5 rings (SSSR count). The molecule has 0 radical (unpaired) electrons. The molecule has 0 aromatic carbocycles. The number of anilines is 1. The molecule has 2 atom stereocenters. The summed E-state index contributed by atoms with van der Waals surface area (Å²) in [4.78, 5) is 32.1. The SMILES string of the molecule is CNC1CN(c2ccc3c(=O)c(Cc4ncc[nH]4)cn(-c4nccs4)c3n2)CC1OC. The highest BCUT2D eigenvalue weighted by atomic mass is 32.1. The molecule has 1 aliphatic heterocycles. The highest BCUT2D eigenvalue weighted by Crippen LogP contribution is 2.25. The number of H-pyrrole nitrogens is 1. The van der Waals surface area contributed by atoms with Crippen LogP contribution in [0.15, 0.2) is 47.1 Å². The van der Waals surface area contributed by atoms with Crippen LogP contribution in [0.5, 0.6) is 0 Å². The van der Waals surface area contributed by atoms with Gasteiger partial charge in [0.2, 0.25) is 0 Å². The van der Waals surface area contributed by atoms with E-state index in [0.29, 0.717) is 23.0 Å². The van der Waals surface area contributed by atoms with Gasteiger partial charge < -0.3 is 19.9 Å². The van der Waals surface area contributed by atoms with Gasteiger partial charge in [0.1, 0.15) is 11.6 Å². The Bertz CT molecular complexity index is 1220. The normalized spacial score (nSPS) is 18.8. The summed E-state index contributed by atoms with van der Waals surface area (Å²) in [6, 6.07) is 4.00. The van der Waals surface area contributed by atoms with Gasteiger partial charge in [0.05, 0.1) is 17.5 Å².